The Bertz CT molecular complexity index is 1250. The number of pyridine rings is 2. The lowest BCUT2D eigenvalue weighted by Gasteiger charge is -2.25. The van der Waals surface area contributed by atoms with Crippen LogP contribution in [0.1, 0.15) is 24.7 Å². The van der Waals surface area contributed by atoms with Crippen LogP contribution in [0, 0.1) is 6.92 Å². The van der Waals surface area contributed by atoms with Crippen LogP contribution in [0.25, 0.3) is 33.3 Å². The van der Waals surface area contributed by atoms with Crippen LogP contribution < -0.4 is 10.1 Å². The minimum absolute atomic E-state index is 0.341. The average molecular weight is 455 g/mol. The summed E-state index contributed by atoms with van der Waals surface area (Å²) in [5.74, 6) is 1.01. The molecule has 1 fully saturated rings. The molecule has 4 aromatic rings. The highest BCUT2D eigenvalue weighted by Gasteiger charge is 2.22. The van der Waals surface area contributed by atoms with E-state index in [0.717, 1.165) is 71.3 Å². The van der Waals surface area contributed by atoms with Crippen molar-refractivity contribution in [1.82, 2.24) is 34.8 Å². The van der Waals surface area contributed by atoms with E-state index >= 15 is 0 Å². The van der Waals surface area contributed by atoms with Gasteiger partial charge in [-0.2, -0.15) is 0 Å². The quantitative estimate of drug-likeness (QED) is 0.463. The molecule has 0 bridgehead atoms. The molecule has 0 spiro atoms. The summed E-state index contributed by atoms with van der Waals surface area (Å²) in [6, 6.07) is 4.71. The van der Waals surface area contributed by atoms with Crippen molar-refractivity contribution in [2.24, 2.45) is 0 Å². The summed E-state index contributed by atoms with van der Waals surface area (Å²) in [5.41, 5.74) is 5.32. The van der Waals surface area contributed by atoms with Gasteiger partial charge in [-0.05, 0) is 51.2 Å². The number of fused-ring (bicyclic) bond motifs is 3. The number of imidazole rings is 1. The van der Waals surface area contributed by atoms with Crippen molar-refractivity contribution < 1.29 is 13.5 Å². The van der Waals surface area contributed by atoms with Gasteiger partial charge in [-0.25, -0.2) is 19.9 Å². The van der Waals surface area contributed by atoms with Crippen LogP contribution in [0.2, 0.25) is 0 Å². The monoisotopic (exact) mass is 454 g/mol. The second-order valence-electron chi connectivity index (χ2n) is 7.43. The molecular weight excluding hydrogens is 430 g/mol. The molecule has 5 rings (SSSR count). The zero-order chi connectivity index (χ0) is 22.7. The normalized spacial score (nSPS) is 15.4. The predicted molar refractivity (Wildman–Crippen MR) is 121 cm³/mol. The van der Waals surface area contributed by atoms with Gasteiger partial charge in [0.05, 0.1) is 30.0 Å². The SMILES string of the molecule is COc1ncc(-c2ccc3ncc4nc(C)n(C5CCNCC5)c4c3n2)cn1.CS(=O)[O-]. The van der Waals surface area contributed by atoms with Gasteiger partial charge in [-0.1, -0.05) is 11.1 Å². The fraction of sp³-hybridized carbons (Fsp3) is 0.381. The second-order valence-corrected chi connectivity index (χ2v) is 8.23. The maximum absolute atomic E-state index is 9.00. The lowest BCUT2D eigenvalue weighted by atomic mass is 10.1. The third kappa shape index (κ3) is 4.59. The molecule has 0 aliphatic carbocycles. The van der Waals surface area contributed by atoms with Gasteiger partial charge >= 0.3 is 6.01 Å². The van der Waals surface area contributed by atoms with Crippen LogP contribution in [0.3, 0.4) is 0 Å². The van der Waals surface area contributed by atoms with E-state index in [1.807, 2.05) is 18.3 Å². The molecule has 1 aliphatic heterocycles. The number of aromatic nitrogens is 6. The van der Waals surface area contributed by atoms with Crippen LogP contribution in [0.5, 0.6) is 6.01 Å². The Morgan fingerprint density at radius 1 is 1.09 bits per heavy atom. The first-order valence-electron chi connectivity index (χ1n) is 10.2. The van der Waals surface area contributed by atoms with Gasteiger partial charge in [0.1, 0.15) is 16.9 Å². The van der Waals surface area contributed by atoms with Gasteiger partial charge in [-0.3, -0.25) is 9.19 Å². The van der Waals surface area contributed by atoms with E-state index in [1.54, 1.807) is 19.5 Å². The third-order valence-electron chi connectivity index (χ3n) is 5.32. The number of hydrogen-bond donors (Lipinski definition) is 1. The first kappa shape index (κ1) is 22.2. The Morgan fingerprint density at radius 2 is 1.78 bits per heavy atom. The fourth-order valence-electron chi connectivity index (χ4n) is 3.98. The number of piperidine rings is 1. The Balaban J connectivity index is 0.000000567. The Morgan fingerprint density at radius 3 is 2.44 bits per heavy atom. The lowest BCUT2D eigenvalue weighted by Crippen LogP contribution is -2.29. The zero-order valence-corrected chi connectivity index (χ0v) is 18.9. The molecule has 1 unspecified atom stereocenters. The van der Waals surface area contributed by atoms with Crippen molar-refractivity contribution in [3.05, 3.63) is 36.5 Å². The summed E-state index contributed by atoms with van der Waals surface area (Å²) in [4.78, 5) is 22.7. The van der Waals surface area contributed by atoms with E-state index < -0.39 is 11.1 Å². The molecule has 32 heavy (non-hydrogen) atoms. The number of hydrogen-bond acceptors (Lipinski definition) is 9. The Labute approximate surface area is 187 Å². The van der Waals surface area contributed by atoms with Crippen molar-refractivity contribution in [3.8, 4) is 17.3 Å². The predicted octanol–water partition coefficient (Wildman–Crippen LogP) is 2.17. The number of ether oxygens (including phenoxy) is 1. The molecule has 10 nitrogen and oxygen atoms in total. The Kier molecular flexibility index (Phi) is 6.68. The molecule has 1 atom stereocenters. The van der Waals surface area contributed by atoms with Gasteiger partial charge in [0.25, 0.3) is 0 Å². The molecule has 5 heterocycles. The largest absolute Gasteiger partial charge is 0.773 e. The third-order valence-corrected chi connectivity index (χ3v) is 5.32. The van der Waals surface area contributed by atoms with E-state index in [-0.39, 0.29) is 0 Å². The number of methoxy groups -OCH3 is 1. The van der Waals surface area contributed by atoms with Crippen molar-refractivity contribution >= 4 is 33.1 Å². The first-order chi connectivity index (χ1) is 15.5. The molecule has 4 aromatic heterocycles. The minimum atomic E-state index is -1.86. The summed E-state index contributed by atoms with van der Waals surface area (Å²) in [7, 11) is 1.55. The summed E-state index contributed by atoms with van der Waals surface area (Å²) in [6.07, 6.45) is 8.55. The number of rotatable bonds is 3. The molecule has 0 saturated carbocycles. The molecule has 1 saturated heterocycles. The van der Waals surface area contributed by atoms with E-state index in [0.29, 0.717) is 12.1 Å². The fourth-order valence-corrected chi connectivity index (χ4v) is 3.98. The van der Waals surface area contributed by atoms with E-state index in [2.05, 4.69) is 31.8 Å². The Hall–Kier alpha value is -3.02. The second kappa shape index (κ2) is 9.63. The lowest BCUT2D eigenvalue weighted by molar-refractivity contribution is 0.370. The van der Waals surface area contributed by atoms with Crippen molar-refractivity contribution in [1.29, 1.82) is 0 Å². The van der Waals surface area contributed by atoms with Crippen molar-refractivity contribution in [3.63, 3.8) is 0 Å². The van der Waals surface area contributed by atoms with Gasteiger partial charge in [0.2, 0.25) is 0 Å². The highest BCUT2D eigenvalue weighted by atomic mass is 32.2. The van der Waals surface area contributed by atoms with E-state index in [1.165, 1.54) is 0 Å². The van der Waals surface area contributed by atoms with Crippen LogP contribution in [-0.4, -0.2) is 64.7 Å². The van der Waals surface area contributed by atoms with Gasteiger partial charge in [-0.15, -0.1) is 0 Å². The number of aryl methyl sites for hydroxylation is 1. The molecule has 1 aliphatic rings. The van der Waals surface area contributed by atoms with E-state index in [9.17, 15) is 0 Å². The van der Waals surface area contributed by atoms with Gasteiger partial charge in [0, 0.05) is 24.0 Å². The topological polar surface area (TPSA) is 131 Å². The molecule has 0 radical (unpaired) electrons. The molecule has 1 N–H and O–H groups in total. The minimum Gasteiger partial charge on any atom is -0.773 e. The average Bonchev–Trinajstić information content (AvgIpc) is 3.15. The molecule has 11 heteroatoms. The summed E-state index contributed by atoms with van der Waals surface area (Å²) < 4.78 is 25.4. The zero-order valence-electron chi connectivity index (χ0n) is 18.1. The van der Waals surface area contributed by atoms with Gasteiger partial charge in [0.15, 0.2) is 0 Å². The molecular formula is C21H24N7O3S-. The standard InChI is InChI=1S/C20H21N7O.CH4O2S/c1-12-25-17-11-22-16-4-3-15(13-9-23-20(28-2)24-10-13)26-18(16)19(17)27(12)14-5-7-21-8-6-14;1-4(2)3/h3-4,9-11,14,21H,5-8H2,1-2H3;1H3,(H,2,3)/p-1. The van der Waals surface area contributed by atoms with Gasteiger partial charge < -0.3 is 19.2 Å². The number of nitrogens with one attached hydrogen (secondary N) is 1. The summed E-state index contributed by atoms with van der Waals surface area (Å²) >= 11 is -1.86. The first-order valence-corrected chi connectivity index (χ1v) is 11.7. The smallest absolute Gasteiger partial charge is 0.316 e. The van der Waals surface area contributed by atoms with Crippen LogP contribution in [0.4, 0.5) is 0 Å². The highest BCUT2D eigenvalue weighted by molar-refractivity contribution is 7.78. The molecule has 168 valence electrons. The maximum atomic E-state index is 9.00. The van der Waals surface area contributed by atoms with Crippen LogP contribution in [0.15, 0.2) is 30.7 Å². The van der Waals surface area contributed by atoms with Crippen LogP contribution in [-0.2, 0) is 11.1 Å². The van der Waals surface area contributed by atoms with Crippen LogP contribution >= 0.6 is 0 Å². The molecule has 0 aromatic carbocycles. The maximum Gasteiger partial charge on any atom is 0.316 e. The number of nitrogens with zero attached hydrogens (tertiary/aromatic N) is 6. The van der Waals surface area contributed by atoms with E-state index in [4.69, 9.17) is 23.5 Å². The van der Waals surface area contributed by atoms with Crippen molar-refractivity contribution in [2.45, 2.75) is 25.8 Å². The summed E-state index contributed by atoms with van der Waals surface area (Å²) in [6.45, 7) is 4.11. The molecule has 0 amide bonds. The summed E-state index contributed by atoms with van der Waals surface area (Å²) in [5, 5.41) is 3.44. The van der Waals surface area contributed by atoms with Crippen molar-refractivity contribution in [2.75, 3.05) is 26.5 Å². The highest BCUT2D eigenvalue weighted by Crippen LogP contribution is 2.31.